The van der Waals surface area contributed by atoms with Gasteiger partial charge in [-0.15, -0.1) is 0 Å². The highest BCUT2D eigenvalue weighted by Crippen LogP contribution is 2.18. The highest BCUT2D eigenvalue weighted by molar-refractivity contribution is 7.89. The number of ether oxygens (including phenoxy) is 1. The van der Waals surface area contributed by atoms with Crippen LogP contribution in [0.2, 0.25) is 0 Å². The fourth-order valence-corrected chi connectivity index (χ4v) is 3.41. The quantitative estimate of drug-likeness (QED) is 0.856. The van der Waals surface area contributed by atoms with Crippen LogP contribution in [0.4, 0.5) is 4.39 Å². The summed E-state index contributed by atoms with van der Waals surface area (Å²) in [5.74, 6) is -0.767. The molecule has 1 aliphatic rings. The summed E-state index contributed by atoms with van der Waals surface area (Å²) in [7, 11) is -3.86. The molecule has 1 heterocycles. The van der Waals surface area contributed by atoms with Crippen LogP contribution in [0.25, 0.3) is 0 Å². The molecule has 0 amide bonds. The van der Waals surface area contributed by atoms with Gasteiger partial charge < -0.3 is 10.5 Å². The van der Waals surface area contributed by atoms with Crippen LogP contribution in [0.1, 0.15) is 18.4 Å². The molecule has 0 saturated carbocycles. The van der Waals surface area contributed by atoms with Crippen molar-refractivity contribution in [2.75, 3.05) is 13.2 Å². The molecule has 1 fully saturated rings. The van der Waals surface area contributed by atoms with Crippen LogP contribution in [0, 0.1) is 5.82 Å². The monoisotopic (exact) mass is 288 g/mol. The van der Waals surface area contributed by atoms with Crippen molar-refractivity contribution in [2.24, 2.45) is 5.73 Å². The number of halogens is 1. The lowest BCUT2D eigenvalue weighted by atomic mass is 10.1. The van der Waals surface area contributed by atoms with E-state index in [2.05, 4.69) is 4.72 Å². The maximum absolute atomic E-state index is 13.7. The van der Waals surface area contributed by atoms with Crippen LogP contribution in [0.3, 0.4) is 0 Å². The molecular formula is C12H17FN2O3S. The van der Waals surface area contributed by atoms with Crippen molar-refractivity contribution in [2.45, 2.75) is 30.3 Å². The van der Waals surface area contributed by atoms with Gasteiger partial charge in [-0.3, -0.25) is 0 Å². The number of hydrogen-bond acceptors (Lipinski definition) is 4. The zero-order valence-electron chi connectivity index (χ0n) is 10.4. The van der Waals surface area contributed by atoms with Gasteiger partial charge in [-0.25, -0.2) is 17.5 Å². The molecule has 0 bridgehead atoms. The number of rotatable bonds is 4. The summed E-state index contributed by atoms with van der Waals surface area (Å²) in [5, 5.41) is 0. The van der Waals surface area contributed by atoms with Crippen LogP contribution in [0.5, 0.6) is 0 Å². The van der Waals surface area contributed by atoms with E-state index in [1.54, 1.807) is 0 Å². The van der Waals surface area contributed by atoms with Gasteiger partial charge in [-0.1, -0.05) is 6.07 Å². The van der Waals surface area contributed by atoms with Gasteiger partial charge in [-0.2, -0.15) is 0 Å². The van der Waals surface area contributed by atoms with Crippen LogP contribution in [-0.4, -0.2) is 27.7 Å². The Balaban J connectivity index is 2.23. The van der Waals surface area contributed by atoms with E-state index in [4.69, 9.17) is 10.5 Å². The minimum absolute atomic E-state index is 0.167. The number of sulfonamides is 1. The van der Waals surface area contributed by atoms with Crippen molar-refractivity contribution < 1.29 is 17.5 Å². The first-order chi connectivity index (χ1) is 9.03. The minimum atomic E-state index is -3.86. The Morgan fingerprint density at radius 3 is 2.68 bits per heavy atom. The van der Waals surface area contributed by atoms with E-state index in [1.807, 2.05) is 0 Å². The minimum Gasteiger partial charge on any atom is -0.381 e. The molecule has 0 aromatic heterocycles. The Kier molecular flexibility index (Phi) is 4.51. The average Bonchev–Trinajstić information content (AvgIpc) is 2.39. The van der Waals surface area contributed by atoms with Gasteiger partial charge in [0.1, 0.15) is 10.7 Å². The van der Waals surface area contributed by atoms with Crippen LogP contribution >= 0.6 is 0 Å². The number of nitrogens with two attached hydrogens (primary N) is 1. The largest absolute Gasteiger partial charge is 0.381 e. The fraction of sp³-hybridized carbons (Fsp3) is 0.500. The van der Waals surface area contributed by atoms with E-state index in [-0.39, 0.29) is 17.5 Å². The van der Waals surface area contributed by atoms with Gasteiger partial charge in [0.15, 0.2) is 0 Å². The Morgan fingerprint density at radius 1 is 1.37 bits per heavy atom. The van der Waals surface area contributed by atoms with Crippen molar-refractivity contribution in [1.82, 2.24) is 4.72 Å². The first-order valence-corrected chi connectivity index (χ1v) is 7.60. The SMILES string of the molecule is NCc1ccc(F)c(S(=O)(=O)NC2CCOCC2)c1. The van der Waals surface area contributed by atoms with Crippen LogP contribution in [0.15, 0.2) is 23.1 Å². The first-order valence-electron chi connectivity index (χ1n) is 6.11. The molecule has 7 heteroatoms. The molecule has 0 unspecified atom stereocenters. The van der Waals surface area contributed by atoms with Gasteiger partial charge in [0.05, 0.1) is 0 Å². The third kappa shape index (κ3) is 3.50. The number of hydrogen-bond donors (Lipinski definition) is 2. The second-order valence-corrected chi connectivity index (χ2v) is 6.16. The smallest absolute Gasteiger partial charge is 0.243 e. The van der Waals surface area contributed by atoms with Crippen molar-refractivity contribution in [3.63, 3.8) is 0 Å². The summed E-state index contributed by atoms with van der Waals surface area (Å²) >= 11 is 0. The lowest BCUT2D eigenvalue weighted by Crippen LogP contribution is -2.39. The van der Waals surface area contributed by atoms with Gasteiger partial charge in [0.25, 0.3) is 0 Å². The molecule has 1 aromatic rings. The summed E-state index contributed by atoms with van der Waals surface area (Å²) < 4.78 is 45.7. The molecule has 5 nitrogen and oxygen atoms in total. The average molecular weight is 288 g/mol. The highest BCUT2D eigenvalue weighted by atomic mass is 32.2. The van der Waals surface area contributed by atoms with E-state index < -0.39 is 15.8 Å². The molecule has 19 heavy (non-hydrogen) atoms. The van der Waals surface area contributed by atoms with Crippen LogP contribution in [-0.2, 0) is 21.3 Å². The van der Waals surface area contributed by atoms with E-state index in [1.165, 1.54) is 12.1 Å². The molecule has 1 saturated heterocycles. The first kappa shape index (κ1) is 14.4. The normalized spacial score (nSPS) is 17.6. The van der Waals surface area contributed by atoms with E-state index in [9.17, 15) is 12.8 Å². The zero-order valence-corrected chi connectivity index (χ0v) is 11.2. The van der Waals surface area contributed by atoms with Gasteiger partial charge in [0, 0.05) is 25.8 Å². The zero-order chi connectivity index (χ0) is 13.9. The second kappa shape index (κ2) is 5.96. The molecule has 1 aliphatic heterocycles. The molecule has 0 radical (unpaired) electrons. The molecule has 2 rings (SSSR count). The molecule has 106 valence electrons. The standard InChI is InChI=1S/C12H17FN2O3S/c13-11-2-1-9(8-14)7-12(11)19(16,17)15-10-3-5-18-6-4-10/h1-2,7,10,15H,3-6,8,14H2. The van der Waals surface area contributed by atoms with Gasteiger partial charge in [0.2, 0.25) is 10.0 Å². The summed E-state index contributed by atoms with van der Waals surface area (Å²) in [6.07, 6.45) is 1.19. The predicted molar refractivity (Wildman–Crippen MR) is 68.5 cm³/mol. The lowest BCUT2D eigenvalue weighted by Gasteiger charge is -2.23. The number of nitrogens with one attached hydrogen (secondary N) is 1. The number of benzene rings is 1. The Bertz CT molecular complexity index is 542. The van der Waals surface area contributed by atoms with E-state index >= 15 is 0 Å². The Hall–Kier alpha value is -1.02. The molecule has 0 spiro atoms. The maximum Gasteiger partial charge on any atom is 0.243 e. The molecule has 0 atom stereocenters. The summed E-state index contributed by atoms with van der Waals surface area (Å²) in [6.45, 7) is 1.19. The van der Waals surface area contributed by atoms with Crippen molar-refractivity contribution >= 4 is 10.0 Å². The topological polar surface area (TPSA) is 81.4 Å². The highest BCUT2D eigenvalue weighted by Gasteiger charge is 2.24. The summed E-state index contributed by atoms with van der Waals surface area (Å²) in [6, 6.07) is 3.67. The molecular weight excluding hydrogens is 271 g/mol. The maximum atomic E-state index is 13.7. The Morgan fingerprint density at radius 2 is 2.05 bits per heavy atom. The van der Waals surface area contributed by atoms with Gasteiger partial charge in [-0.05, 0) is 30.5 Å². The van der Waals surface area contributed by atoms with E-state index in [0.717, 1.165) is 6.07 Å². The Labute approximate surface area is 112 Å². The lowest BCUT2D eigenvalue weighted by molar-refractivity contribution is 0.0832. The third-order valence-corrected chi connectivity index (χ3v) is 4.60. The van der Waals surface area contributed by atoms with Crippen LogP contribution < -0.4 is 10.5 Å². The molecule has 3 N–H and O–H groups in total. The van der Waals surface area contributed by atoms with Crippen molar-refractivity contribution in [1.29, 1.82) is 0 Å². The van der Waals surface area contributed by atoms with Gasteiger partial charge >= 0.3 is 0 Å². The predicted octanol–water partition coefficient (Wildman–Crippen LogP) is 0.742. The molecule has 0 aliphatic carbocycles. The summed E-state index contributed by atoms with van der Waals surface area (Å²) in [5.41, 5.74) is 6.02. The van der Waals surface area contributed by atoms with Crippen molar-refractivity contribution in [3.05, 3.63) is 29.6 Å². The van der Waals surface area contributed by atoms with E-state index in [0.29, 0.717) is 31.6 Å². The second-order valence-electron chi connectivity index (χ2n) is 4.48. The third-order valence-electron chi connectivity index (χ3n) is 3.06. The molecule has 1 aromatic carbocycles. The van der Waals surface area contributed by atoms with Crippen molar-refractivity contribution in [3.8, 4) is 0 Å². The summed E-state index contributed by atoms with van der Waals surface area (Å²) in [4.78, 5) is -0.345. The fourth-order valence-electron chi connectivity index (χ4n) is 1.98.